The Hall–Kier alpha value is -2.61. The first-order valence-corrected chi connectivity index (χ1v) is 9.78. The van der Waals surface area contributed by atoms with E-state index in [1.807, 2.05) is 20.8 Å². The van der Waals surface area contributed by atoms with Crippen molar-refractivity contribution >= 4 is 17.5 Å². The zero-order valence-electron chi connectivity index (χ0n) is 15.5. The SMILES string of the molecule is CC(=NCCSCc1nc[nH]c1C)c1c(C)[nH]n(-c2ccc(F)cc2)c1=O. The van der Waals surface area contributed by atoms with Gasteiger partial charge in [0.1, 0.15) is 5.82 Å². The molecule has 27 heavy (non-hydrogen) atoms. The van der Waals surface area contributed by atoms with Crippen LogP contribution in [0, 0.1) is 19.7 Å². The topological polar surface area (TPSA) is 78.8 Å². The van der Waals surface area contributed by atoms with E-state index in [1.165, 1.54) is 16.8 Å². The summed E-state index contributed by atoms with van der Waals surface area (Å²) in [5.74, 6) is 1.35. The second-order valence-electron chi connectivity index (χ2n) is 6.22. The Kier molecular flexibility index (Phi) is 5.95. The Bertz CT molecular complexity index is 1000. The smallest absolute Gasteiger partial charge is 0.280 e. The highest BCUT2D eigenvalue weighted by molar-refractivity contribution is 7.98. The second-order valence-corrected chi connectivity index (χ2v) is 7.33. The molecule has 2 heterocycles. The number of nitrogens with one attached hydrogen (secondary N) is 2. The van der Waals surface area contributed by atoms with Crippen LogP contribution in [0.2, 0.25) is 0 Å². The lowest BCUT2D eigenvalue weighted by atomic mass is 10.2. The fourth-order valence-electron chi connectivity index (χ4n) is 2.80. The molecule has 0 aliphatic heterocycles. The minimum atomic E-state index is -0.337. The van der Waals surface area contributed by atoms with E-state index in [0.717, 1.165) is 28.6 Å². The van der Waals surface area contributed by atoms with Crippen LogP contribution >= 0.6 is 11.8 Å². The van der Waals surface area contributed by atoms with Gasteiger partial charge < -0.3 is 4.98 Å². The molecule has 0 radical (unpaired) electrons. The van der Waals surface area contributed by atoms with Crippen molar-refractivity contribution in [3.63, 3.8) is 0 Å². The fraction of sp³-hybridized carbons (Fsp3) is 0.316. The van der Waals surface area contributed by atoms with E-state index < -0.39 is 0 Å². The van der Waals surface area contributed by atoms with Gasteiger partial charge in [0.15, 0.2) is 0 Å². The molecule has 3 rings (SSSR count). The number of rotatable bonds is 7. The van der Waals surface area contributed by atoms with E-state index in [2.05, 4.69) is 20.1 Å². The van der Waals surface area contributed by atoms with Gasteiger partial charge in [0, 0.05) is 35.2 Å². The summed E-state index contributed by atoms with van der Waals surface area (Å²) in [5, 5.41) is 3.04. The van der Waals surface area contributed by atoms with E-state index in [4.69, 9.17) is 0 Å². The Balaban J connectivity index is 1.66. The Morgan fingerprint density at radius 2 is 2.00 bits per heavy atom. The number of imidazole rings is 1. The molecule has 0 spiro atoms. The largest absolute Gasteiger partial charge is 0.348 e. The van der Waals surface area contributed by atoms with E-state index in [0.29, 0.717) is 23.5 Å². The van der Waals surface area contributed by atoms with Crippen LogP contribution in [0.4, 0.5) is 4.39 Å². The van der Waals surface area contributed by atoms with Crippen molar-refractivity contribution in [3.05, 3.63) is 69.4 Å². The summed E-state index contributed by atoms with van der Waals surface area (Å²) in [5.41, 5.74) is 4.56. The van der Waals surface area contributed by atoms with E-state index >= 15 is 0 Å². The molecular weight excluding hydrogens is 365 g/mol. The quantitative estimate of drug-likeness (QED) is 0.482. The molecular formula is C19H22FN5OS. The minimum absolute atomic E-state index is 0.180. The molecule has 0 bridgehead atoms. The third-order valence-corrected chi connectivity index (χ3v) is 5.22. The average Bonchev–Trinajstić information content (AvgIpc) is 3.18. The molecule has 0 aliphatic rings. The molecule has 0 saturated carbocycles. The van der Waals surface area contributed by atoms with Crippen molar-refractivity contribution in [2.45, 2.75) is 26.5 Å². The predicted octanol–water partition coefficient (Wildman–Crippen LogP) is 3.39. The lowest BCUT2D eigenvalue weighted by Gasteiger charge is -2.01. The highest BCUT2D eigenvalue weighted by Gasteiger charge is 2.14. The first-order valence-electron chi connectivity index (χ1n) is 8.63. The third-order valence-electron chi connectivity index (χ3n) is 4.28. The molecule has 0 fully saturated rings. The maximum atomic E-state index is 13.1. The van der Waals surface area contributed by atoms with Crippen LogP contribution in [0.3, 0.4) is 0 Å². The number of hydrogen-bond acceptors (Lipinski definition) is 4. The zero-order valence-corrected chi connectivity index (χ0v) is 16.4. The van der Waals surface area contributed by atoms with Gasteiger partial charge in [-0.15, -0.1) is 0 Å². The number of nitrogens with zero attached hydrogens (tertiary/aromatic N) is 3. The summed E-state index contributed by atoms with van der Waals surface area (Å²) in [6.07, 6.45) is 1.70. The molecule has 0 atom stereocenters. The first-order chi connectivity index (χ1) is 13.0. The Labute approximate surface area is 160 Å². The molecule has 2 N–H and O–H groups in total. The third kappa shape index (κ3) is 4.39. The fourth-order valence-corrected chi connectivity index (χ4v) is 3.65. The first kappa shape index (κ1) is 19.2. The summed E-state index contributed by atoms with van der Waals surface area (Å²) < 4.78 is 14.5. The average molecular weight is 387 g/mol. The normalized spacial score (nSPS) is 11.9. The number of halogens is 1. The summed E-state index contributed by atoms with van der Waals surface area (Å²) in [7, 11) is 0. The monoisotopic (exact) mass is 387 g/mol. The van der Waals surface area contributed by atoms with Gasteiger partial charge in [-0.1, -0.05) is 0 Å². The molecule has 0 saturated heterocycles. The number of H-pyrrole nitrogens is 2. The van der Waals surface area contributed by atoms with Crippen molar-refractivity contribution in [2.24, 2.45) is 4.99 Å². The lowest BCUT2D eigenvalue weighted by molar-refractivity contribution is 0.627. The highest BCUT2D eigenvalue weighted by atomic mass is 32.2. The molecule has 2 aromatic heterocycles. The van der Waals surface area contributed by atoms with Gasteiger partial charge in [-0.25, -0.2) is 14.1 Å². The van der Waals surface area contributed by atoms with Crippen LogP contribution in [-0.4, -0.2) is 37.8 Å². The highest BCUT2D eigenvalue weighted by Crippen LogP contribution is 2.13. The Morgan fingerprint density at radius 3 is 2.67 bits per heavy atom. The van der Waals surface area contributed by atoms with Crippen molar-refractivity contribution < 1.29 is 4.39 Å². The standard InChI is InChI=1S/C19H22FN5OS/c1-12-17(23-11-22-12)10-27-9-8-21-13(2)18-14(3)24-25(19(18)26)16-6-4-15(20)5-7-16/h4-7,11,24H,8-10H2,1-3H3,(H,22,23). The van der Waals surface area contributed by atoms with Gasteiger partial charge in [0.05, 0.1) is 23.3 Å². The number of hydrogen-bond donors (Lipinski definition) is 2. The number of aromatic nitrogens is 4. The van der Waals surface area contributed by atoms with Crippen LogP contribution in [-0.2, 0) is 5.75 Å². The van der Waals surface area contributed by atoms with E-state index in [-0.39, 0.29) is 11.4 Å². The summed E-state index contributed by atoms with van der Waals surface area (Å²) in [4.78, 5) is 24.6. The summed E-state index contributed by atoms with van der Waals surface area (Å²) in [6.45, 7) is 6.31. The molecule has 0 aliphatic carbocycles. The molecule has 3 aromatic rings. The second kappa shape index (κ2) is 8.39. The van der Waals surface area contributed by atoms with Crippen LogP contribution < -0.4 is 5.56 Å². The molecule has 0 unspecified atom stereocenters. The maximum absolute atomic E-state index is 13.1. The Morgan fingerprint density at radius 1 is 1.26 bits per heavy atom. The van der Waals surface area contributed by atoms with E-state index in [9.17, 15) is 9.18 Å². The number of aryl methyl sites for hydroxylation is 2. The van der Waals surface area contributed by atoms with Crippen molar-refractivity contribution in [1.82, 2.24) is 19.7 Å². The van der Waals surface area contributed by atoms with Crippen molar-refractivity contribution in [2.75, 3.05) is 12.3 Å². The van der Waals surface area contributed by atoms with Crippen molar-refractivity contribution in [1.29, 1.82) is 0 Å². The summed E-state index contributed by atoms with van der Waals surface area (Å²) >= 11 is 1.76. The molecule has 0 amide bonds. The molecule has 8 heteroatoms. The van der Waals surface area contributed by atoms with Crippen LogP contribution in [0.15, 0.2) is 40.4 Å². The van der Waals surface area contributed by atoms with Gasteiger partial charge in [-0.05, 0) is 45.0 Å². The lowest BCUT2D eigenvalue weighted by Crippen LogP contribution is -2.20. The predicted molar refractivity (Wildman–Crippen MR) is 108 cm³/mol. The number of aliphatic imine (C=N–C) groups is 1. The molecule has 6 nitrogen and oxygen atoms in total. The molecule has 1 aromatic carbocycles. The van der Waals surface area contributed by atoms with Crippen LogP contribution in [0.1, 0.15) is 29.6 Å². The van der Waals surface area contributed by atoms with Crippen LogP contribution in [0.25, 0.3) is 5.69 Å². The van der Waals surface area contributed by atoms with Gasteiger partial charge >= 0.3 is 0 Å². The molecule has 142 valence electrons. The van der Waals surface area contributed by atoms with Crippen molar-refractivity contribution in [3.8, 4) is 5.69 Å². The summed E-state index contributed by atoms with van der Waals surface area (Å²) in [6, 6.07) is 5.79. The minimum Gasteiger partial charge on any atom is -0.348 e. The van der Waals surface area contributed by atoms with Gasteiger partial charge in [0.2, 0.25) is 0 Å². The number of thioether (sulfide) groups is 1. The maximum Gasteiger partial charge on any atom is 0.280 e. The van der Waals surface area contributed by atoms with Crippen LogP contribution in [0.5, 0.6) is 0 Å². The van der Waals surface area contributed by atoms with Gasteiger partial charge in [0.25, 0.3) is 5.56 Å². The zero-order chi connectivity index (χ0) is 19.4. The number of aromatic amines is 2. The number of benzene rings is 1. The van der Waals surface area contributed by atoms with Gasteiger partial charge in [-0.2, -0.15) is 11.8 Å². The van der Waals surface area contributed by atoms with Gasteiger partial charge in [-0.3, -0.25) is 14.9 Å². The van der Waals surface area contributed by atoms with E-state index in [1.54, 1.807) is 30.2 Å².